The van der Waals surface area contributed by atoms with Crippen LogP contribution in [0.3, 0.4) is 0 Å². The Kier molecular flexibility index (Phi) is 6.60. The van der Waals surface area contributed by atoms with E-state index < -0.39 is 41.5 Å². The van der Waals surface area contributed by atoms with Gasteiger partial charge in [0.25, 0.3) is 5.91 Å². The molecule has 0 radical (unpaired) electrons. The zero-order valence-corrected chi connectivity index (χ0v) is 14.0. The molecule has 0 heterocycles. The summed E-state index contributed by atoms with van der Waals surface area (Å²) < 4.78 is 45.1. The van der Waals surface area contributed by atoms with E-state index in [-0.39, 0.29) is 13.2 Å². The lowest BCUT2D eigenvalue weighted by atomic mass is 10.3. The lowest BCUT2D eigenvalue weighted by Gasteiger charge is -2.20. The largest absolute Gasteiger partial charge is 0.484 e. The lowest BCUT2D eigenvalue weighted by Crippen LogP contribution is -2.40. The van der Waals surface area contributed by atoms with Crippen LogP contribution in [0.1, 0.15) is 6.92 Å². The molecule has 0 aliphatic carbocycles. The van der Waals surface area contributed by atoms with Gasteiger partial charge in [-0.05, 0) is 43.3 Å². The number of hydrogen-bond donors (Lipinski definition) is 1. The van der Waals surface area contributed by atoms with Gasteiger partial charge in [-0.1, -0.05) is 6.07 Å². The number of carbonyl (C=O) groups excluding carboxylic acids is 2. The minimum Gasteiger partial charge on any atom is -0.484 e. The minimum atomic E-state index is -0.910. The highest BCUT2D eigenvalue weighted by molar-refractivity contribution is 5.94. The maximum absolute atomic E-state index is 13.5. The van der Waals surface area contributed by atoms with Crippen molar-refractivity contribution in [2.45, 2.75) is 6.92 Å². The molecule has 0 unspecified atom stereocenters. The Morgan fingerprint density at radius 1 is 1.04 bits per heavy atom. The molecule has 0 bridgehead atoms. The van der Waals surface area contributed by atoms with Crippen molar-refractivity contribution in [2.24, 2.45) is 0 Å². The quantitative estimate of drug-likeness (QED) is 0.820. The summed E-state index contributed by atoms with van der Waals surface area (Å²) in [4.78, 5) is 25.3. The van der Waals surface area contributed by atoms with Crippen LogP contribution < -0.4 is 10.1 Å². The Bertz CT molecular complexity index is 762. The van der Waals surface area contributed by atoms with Crippen LogP contribution >= 0.6 is 0 Å². The summed E-state index contributed by atoms with van der Waals surface area (Å²) in [5.41, 5.74) is -0.566. The topological polar surface area (TPSA) is 58.6 Å². The van der Waals surface area contributed by atoms with Crippen LogP contribution in [0.25, 0.3) is 0 Å². The number of ether oxygens (including phenoxy) is 1. The second-order valence-corrected chi connectivity index (χ2v) is 5.30. The molecule has 0 spiro atoms. The van der Waals surface area contributed by atoms with Gasteiger partial charge in [0.2, 0.25) is 5.91 Å². The van der Waals surface area contributed by atoms with Gasteiger partial charge >= 0.3 is 0 Å². The molecule has 0 atom stereocenters. The van der Waals surface area contributed by atoms with Gasteiger partial charge in [0, 0.05) is 6.54 Å². The van der Waals surface area contributed by atoms with Crippen molar-refractivity contribution in [1.82, 2.24) is 4.90 Å². The van der Waals surface area contributed by atoms with E-state index in [1.54, 1.807) is 6.92 Å². The molecule has 2 amide bonds. The molecule has 138 valence electrons. The molecular weight excluding hydrogens is 349 g/mol. The molecule has 0 aliphatic heterocycles. The standard InChI is InChI=1S/C18H17F3N2O3/c1-2-23(17(25)11-26-13-8-6-12(19)7-9-13)10-16(24)22-18-14(20)4-3-5-15(18)21/h3-9H,2,10-11H2,1H3,(H,22,24). The van der Waals surface area contributed by atoms with E-state index >= 15 is 0 Å². The Morgan fingerprint density at radius 3 is 2.23 bits per heavy atom. The van der Waals surface area contributed by atoms with Gasteiger partial charge in [0.15, 0.2) is 6.61 Å². The van der Waals surface area contributed by atoms with Crippen molar-refractivity contribution < 1.29 is 27.5 Å². The normalized spacial score (nSPS) is 10.3. The highest BCUT2D eigenvalue weighted by Gasteiger charge is 2.18. The van der Waals surface area contributed by atoms with Crippen LogP contribution in [0.4, 0.5) is 18.9 Å². The van der Waals surface area contributed by atoms with Crippen molar-refractivity contribution in [3.8, 4) is 5.75 Å². The first-order valence-corrected chi connectivity index (χ1v) is 7.80. The Labute approximate surface area is 148 Å². The molecule has 0 saturated heterocycles. The van der Waals surface area contributed by atoms with Crippen molar-refractivity contribution in [3.05, 3.63) is 59.9 Å². The number of halogens is 3. The molecule has 2 aromatic rings. The third kappa shape index (κ3) is 5.23. The molecule has 5 nitrogen and oxygen atoms in total. The van der Waals surface area contributed by atoms with E-state index in [9.17, 15) is 22.8 Å². The second-order valence-electron chi connectivity index (χ2n) is 5.30. The zero-order valence-electron chi connectivity index (χ0n) is 14.0. The average Bonchev–Trinajstić information content (AvgIpc) is 2.62. The van der Waals surface area contributed by atoms with Gasteiger partial charge in [0.1, 0.15) is 28.9 Å². The van der Waals surface area contributed by atoms with Gasteiger partial charge in [-0.2, -0.15) is 0 Å². The summed E-state index contributed by atoms with van der Waals surface area (Å²) in [5, 5.41) is 2.11. The first-order chi connectivity index (χ1) is 12.4. The summed E-state index contributed by atoms with van der Waals surface area (Å²) in [7, 11) is 0. The highest BCUT2D eigenvalue weighted by Crippen LogP contribution is 2.18. The third-order valence-electron chi connectivity index (χ3n) is 3.47. The number of nitrogens with zero attached hydrogens (tertiary/aromatic N) is 1. The summed E-state index contributed by atoms with van der Waals surface area (Å²) in [6, 6.07) is 8.31. The van der Waals surface area contributed by atoms with E-state index in [2.05, 4.69) is 5.32 Å². The second kappa shape index (κ2) is 8.89. The molecule has 0 fully saturated rings. The number of para-hydroxylation sites is 1. The monoisotopic (exact) mass is 366 g/mol. The molecule has 2 rings (SSSR count). The van der Waals surface area contributed by atoms with Crippen LogP contribution in [-0.4, -0.2) is 36.4 Å². The zero-order chi connectivity index (χ0) is 19.1. The van der Waals surface area contributed by atoms with E-state index in [4.69, 9.17) is 4.74 Å². The highest BCUT2D eigenvalue weighted by atomic mass is 19.1. The first kappa shape index (κ1) is 19.3. The van der Waals surface area contributed by atoms with E-state index in [1.165, 1.54) is 30.3 Å². The summed E-state index contributed by atoms with van der Waals surface area (Å²) >= 11 is 0. The smallest absolute Gasteiger partial charge is 0.260 e. The number of nitrogens with one attached hydrogen (secondary N) is 1. The Morgan fingerprint density at radius 2 is 1.65 bits per heavy atom. The molecule has 0 aliphatic rings. The first-order valence-electron chi connectivity index (χ1n) is 7.80. The molecule has 8 heteroatoms. The predicted octanol–water partition coefficient (Wildman–Crippen LogP) is 2.97. The number of rotatable bonds is 7. The number of amides is 2. The molecule has 0 saturated carbocycles. The number of hydrogen-bond acceptors (Lipinski definition) is 3. The fraction of sp³-hybridized carbons (Fsp3) is 0.222. The number of carbonyl (C=O) groups is 2. The summed E-state index contributed by atoms with van der Waals surface area (Å²) in [5.74, 6) is -3.20. The molecule has 1 N–H and O–H groups in total. The van der Waals surface area contributed by atoms with Gasteiger partial charge in [0.05, 0.1) is 6.54 Å². The van der Waals surface area contributed by atoms with Gasteiger partial charge < -0.3 is 15.0 Å². The van der Waals surface area contributed by atoms with E-state index in [0.29, 0.717) is 5.75 Å². The van der Waals surface area contributed by atoms with Crippen LogP contribution in [0, 0.1) is 17.5 Å². The number of likely N-dealkylation sites (N-methyl/N-ethyl adjacent to an activating group) is 1. The van der Waals surface area contributed by atoms with Gasteiger partial charge in [-0.15, -0.1) is 0 Å². The van der Waals surface area contributed by atoms with Crippen molar-refractivity contribution >= 4 is 17.5 Å². The van der Waals surface area contributed by atoms with Crippen molar-refractivity contribution in [3.63, 3.8) is 0 Å². The average molecular weight is 366 g/mol. The summed E-state index contributed by atoms with van der Waals surface area (Å²) in [6.45, 7) is 1.09. The Hall–Kier alpha value is -3.03. The lowest BCUT2D eigenvalue weighted by molar-refractivity contribution is -0.136. The van der Waals surface area contributed by atoms with Crippen LogP contribution in [0.5, 0.6) is 5.75 Å². The third-order valence-corrected chi connectivity index (χ3v) is 3.47. The summed E-state index contributed by atoms with van der Waals surface area (Å²) in [6.07, 6.45) is 0. The molecule has 26 heavy (non-hydrogen) atoms. The minimum absolute atomic E-state index is 0.193. The van der Waals surface area contributed by atoms with Gasteiger partial charge in [-0.3, -0.25) is 9.59 Å². The number of benzene rings is 2. The van der Waals surface area contributed by atoms with Crippen molar-refractivity contribution in [1.29, 1.82) is 0 Å². The van der Waals surface area contributed by atoms with E-state index in [0.717, 1.165) is 17.0 Å². The predicted molar refractivity (Wildman–Crippen MR) is 89.1 cm³/mol. The molecule has 0 aromatic heterocycles. The maximum atomic E-state index is 13.5. The maximum Gasteiger partial charge on any atom is 0.260 e. The Balaban J connectivity index is 1.91. The van der Waals surface area contributed by atoms with Crippen LogP contribution in [-0.2, 0) is 9.59 Å². The SMILES string of the molecule is CCN(CC(=O)Nc1c(F)cccc1F)C(=O)COc1ccc(F)cc1. The van der Waals surface area contributed by atoms with Gasteiger partial charge in [-0.25, -0.2) is 13.2 Å². The van der Waals surface area contributed by atoms with Crippen LogP contribution in [0.2, 0.25) is 0 Å². The van der Waals surface area contributed by atoms with Crippen LogP contribution in [0.15, 0.2) is 42.5 Å². The van der Waals surface area contributed by atoms with Crippen molar-refractivity contribution in [2.75, 3.05) is 25.0 Å². The molecular formula is C18H17F3N2O3. The fourth-order valence-corrected chi connectivity index (χ4v) is 2.11. The molecule has 2 aromatic carbocycles. The fourth-order valence-electron chi connectivity index (χ4n) is 2.11. The number of anilines is 1. The van der Waals surface area contributed by atoms with E-state index in [1.807, 2.05) is 0 Å².